The van der Waals surface area contributed by atoms with Gasteiger partial charge in [-0.25, -0.2) is 9.97 Å². The van der Waals surface area contributed by atoms with E-state index in [2.05, 4.69) is 19.9 Å². The number of hydrogen-bond acceptors (Lipinski definition) is 5. The molecule has 0 aromatic carbocycles. The van der Waals surface area contributed by atoms with Crippen LogP contribution in [0.2, 0.25) is 0 Å². The predicted molar refractivity (Wildman–Crippen MR) is 94.4 cm³/mol. The van der Waals surface area contributed by atoms with Crippen LogP contribution in [0.3, 0.4) is 0 Å². The minimum atomic E-state index is -0.0500. The SMILES string of the molecule is CO[C@@]12CC[C@@H](Oc3ccccn3)C[C@@H]1N(Cc1ncc(C)[nH]1)CC2. The first kappa shape index (κ1) is 16.5. The van der Waals surface area contributed by atoms with Gasteiger partial charge in [-0.2, -0.15) is 0 Å². The molecule has 134 valence electrons. The Morgan fingerprint density at radius 3 is 2.96 bits per heavy atom. The molecule has 0 bridgehead atoms. The molecule has 2 aliphatic rings. The highest BCUT2D eigenvalue weighted by molar-refractivity contribution is 5.12. The number of pyridine rings is 1. The lowest BCUT2D eigenvalue weighted by Gasteiger charge is -2.43. The minimum absolute atomic E-state index is 0.0500. The van der Waals surface area contributed by atoms with Crippen molar-refractivity contribution < 1.29 is 9.47 Å². The number of fused-ring (bicyclic) bond motifs is 1. The monoisotopic (exact) mass is 342 g/mol. The Bertz CT molecular complexity index is 704. The van der Waals surface area contributed by atoms with Crippen molar-refractivity contribution in [1.82, 2.24) is 19.9 Å². The Balaban J connectivity index is 1.48. The van der Waals surface area contributed by atoms with E-state index in [-0.39, 0.29) is 11.7 Å². The van der Waals surface area contributed by atoms with Gasteiger partial charge < -0.3 is 14.5 Å². The Morgan fingerprint density at radius 1 is 1.32 bits per heavy atom. The fraction of sp³-hybridized carbons (Fsp3) is 0.579. The van der Waals surface area contributed by atoms with Crippen LogP contribution in [0.15, 0.2) is 30.6 Å². The van der Waals surface area contributed by atoms with E-state index < -0.39 is 0 Å². The Morgan fingerprint density at radius 2 is 2.24 bits per heavy atom. The van der Waals surface area contributed by atoms with Crippen molar-refractivity contribution >= 4 is 0 Å². The zero-order valence-corrected chi connectivity index (χ0v) is 14.9. The summed E-state index contributed by atoms with van der Waals surface area (Å²) in [5.74, 6) is 1.74. The van der Waals surface area contributed by atoms with Crippen molar-refractivity contribution in [1.29, 1.82) is 0 Å². The summed E-state index contributed by atoms with van der Waals surface area (Å²) in [5.41, 5.74) is 1.05. The number of H-pyrrole nitrogens is 1. The summed E-state index contributed by atoms with van der Waals surface area (Å²) >= 11 is 0. The third-order valence-corrected chi connectivity index (χ3v) is 5.69. The molecule has 6 nitrogen and oxygen atoms in total. The summed E-state index contributed by atoms with van der Waals surface area (Å²) < 4.78 is 12.2. The lowest BCUT2D eigenvalue weighted by molar-refractivity contribution is -0.0845. The van der Waals surface area contributed by atoms with Crippen LogP contribution in [0.25, 0.3) is 0 Å². The second kappa shape index (κ2) is 6.77. The van der Waals surface area contributed by atoms with Crippen LogP contribution in [0, 0.1) is 6.92 Å². The van der Waals surface area contributed by atoms with Gasteiger partial charge in [0.1, 0.15) is 11.9 Å². The standard InChI is InChI=1S/C19H26N4O2/c1-14-12-21-17(22-14)13-23-10-8-19(24-2)7-6-15(11-16(19)23)25-18-5-3-4-9-20-18/h3-5,9,12,15-16H,6-8,10-11,13H2,1-2H3,(H,21,22)/t15-,16+,19-/m1/s1. The van der Waals surface area contributed by atoms with Crippen molar-refractivity contribution in [3.8, 4) is 5.88 Å². The molecule has 0 unspecified atom stereocenters. The van der Waals surface area contributed by atoms with Gasteiger partial charge in [0.2, 0.25) is 5.88 Å². The van der Waals surface area contributed by atoms with E-state index in [1.807, 2.05) is 38.4 Å². The minimum Gasteiger partial charge on any atom is -0.474 e. The molecule has 0 amide bonds. The van der Waals surface area contributed by atoms with Crippen LogP contribution in [0.5, 0.6) is 5.88 Å². The summed E-state index contributed by atoms with van der Waals surface area (Å²) in [6, 6.07) is 6.15. The maximum Gasteiger partial charge on any atom is 0.213 e. The van der Waals surface area contributed by atoms with E-state index in [0.29, 0.717) is 11.9 Å². The number of rotatable bonds is 5. The van der Waals surface area contributed by atoms with Gasteiger partial charge in [0.25, 0.3) is 0 Å². The molecule has 3 atom stereocenters. The molecule has 25 heavy (non-hydrogen) atoms. The van der Waals surface area contributed by atoms with Crippen molar-refractivity contribution in [2.24, 2.45) is 0 Å². The number of aryl methyl sites for hydroxylation is 1. The molecule has 0 radical (unpaired) electrons. The molecule has 3 heterocycles. The molecule has 2 aromatic rings. The number of hydrogen-bond donors (Lipinski definition) is 1. The van der Waals surface area contributed by atoms with Crippen LogP contribution in [0.1, 0.15) is 37.2 Å². The highest BCUT2D eigenvalue weighted by Gasteiger charge is 2.51. The second-order valence-corrected chi connectivity index (χ2v) is 7.20. The first-order valence-corrected chi connectivity index (χ1v) is 9.06. The van der Waals surface area contributed by atoms with Crippen molar-refractivity contribution in [3.05, 3.63) is 42.1 Å². The van der Waals surface area contributed by atoms with Gasteiger partial charge in [-0.15, -0.1) is 0 Å². The van der Waals surface area contributed by atoms with E-state index in [1.54, 1.807) is 6.20 Å². The lowest BCUT2D eigenvalue weighted by atomic mass is 9.79. The molecule has 6 heteroatoms. The number of aromatic nitrogens is 3. The van der Waals surface area contributed by atoms with Crippen molar-refractivity contribution in [3.63, 3.8) is 0 Å². The van der Waals surface area contributed by atoms with E-state index in [1.165, 1.54) is 0 Å². The fourth-order valence-electron chi connectivity index (χ4n) is 4.38. The van der Waals surface area contributed by atoms with E-state index in [9.17, 15) is 0 Å². The normalized spacial score (nSPS) is 29.5. The van der Waals surface area contributed by atoms with Crippen LogP contribution in [0.4, 0.5) is 0 Å². The first-order chi connectivity index (χ1) is 12.2. The Hall–Kier alpha value is -1.92. The summed E-state index contributed by atoms with van der Waals surface area (Å²) in [6.07, 6.45) is 7.92. The van der Waals surface area contributed by atoms with E-state index in [0.717, 1.165) is 50.3 Å². The van der Waals surface area contributed by atoms with Crippen LogP contribution in [-0.2, 0) is 11.3 Å². The zero-order chi connectivity index (χ0) is 17.3. The Kier molecular flexibility index (Phi) is 4.48. The highest BCUT2D eigenvalue weighted by atomic mass is 16.5. The van der Waals surface area contributed by atoms with E-state index >= 15 is 0 Å². The fourth-order valence-corrected chi connectivity index (χ4v) is 4.38. The van der Waals surface area contributed by atoms with Gasteiger partial charge >= 0.3 is 0 Å². The number of methoxy groups -OCH3 is 1. The van der Waals surface area contributed by atoms with Crippen LogP contribution >= 0.6 is 0 Å². The number of likely N-dealkylation sites (tertiary alicyclic amines) is 1. The molecular formula is C19H26N4O2. The molecule has 2 fully saturated rings. The number of nitrogens with zero attached hydrogens (tertiary/aromatic N) is 3. The average molecular weight is 342 g/mol. The number of imidazole rings is 1. The molecule has 1 aliphatic carbocycles. The molecular weight excluding hydrogens is 316 g/mol. The third-order valence-electron chi connectivity index (χ3n) is 5.69. The van der Waals surface area contributed by atoms with Crippen molar-refractivity contribution in [2.75, 3.05) is 13.7 Å². The summed E-state index contributed by atoms with van der Waals surface area (Å²) in [6.45, 7) is 3.91. The van der Waals surface area contributed by atoms with Crippen molar-refractivity contribution in [2.45, 2.75) is 56.9 Å². The van der Waals surface area contributed by atoms with Gasteiger partial charge in [-0.3, -0.25) is 4.90 Å². The molecule has 0 spiro atoms. The topological polar surface area (TPSA) is 63.3 Å². The van der Waals surface area contributed by atoms with Gasteiger partial charge in [-0.1, -0.05) is 6.07 Å². The van der Waals surface area contributed by atoms with Gasteiger partial charge in [0, 0.05) is 50.3 Å². The predicted octanol–water partition coefficient (Wildman–Crippen LogP) is 2.70. The largest absolute Gasteiger partial charge is 0.474 e. The van der Waals surface area contributed by atoms with Gasteiger partial charge in [0.15, 0.2) is 0 Å². The zero-order valence-electron chi connectivity index (χ0n) is 14.9. The second-order valence-electron chi connectivity index (χ2n) is 7.20. The molecule has 1 saturated heterocycles. The molecule has 1 N–H and O–H groups in total. The summed E-state index contributed by atoms with van der Waals surface area (Å²) in [4.78, 5) is 14.6. The molecule has 2 aromatic heterocycles. The quantitative estimate of drug-likeness (QED) is 0.905. The van der Waals surface area contributed by atoms with Gasteiger partial charge in [0.05, 0.1) is 12.1 Å². The maximum atomic E-state index is 6.14. The number of ether oxygens (including phenoxy) is 2. The smallest absolute Gasteiger partial charge is 0.213 e. The number of aromatic amines is 1. The Labute approximate surface area is 148 Å². The molecule has 1 saturated carbocycles. The van der Waals surface area contributed by atoms with Crippen LogP contribution < -0.4 is 4.74 Å². The first-order valence-electron chi connectivity index (χ1n) is 9.06. The summed E-state index contributed by atoms with van der Waals surface area (Å²) in [5, 5.41) is 0. The average Bonchev–Trinajstić information content (AvgIpc) is 3.21. The third kappa shape index (κ3) is 3.28. The molecule has 4 rings (SSSR count). The number of nitrogens with one attached hydrogen (secondary N) is 1. The molecule has 1 aliphatic heterocycles. The lowest BCUT2D eigenvalue weighted by Crippen LogP contribution is -2.52. The van der Waals surface area contributed by atoms with Gasteiger partial charge in [-0.05, 0) is 32.3 Å². The maximum absolute atomic E-state index is 6.14. The van der Waals surface area contributed by atoms with E-state index in [4.69, 9.17) is 9.47 Å². The summed E-state index contributed by atoms with van der Waals surface area (Å²) in [7, 11) is 1.85. The van der Waals surface area contributed by atoms with Crippen LogP contribution in [-0.4, -0.2) is 51.3 Å². The highest BCUT2D eigenvalue weighted by Crippen LogP contribution is 2.43.